The largest absolute Gasteiger partial charge is 0.361 e. The molecule has 1 fully saturated rings. The number of carbonyl (C=O) groups is 1. The molecule has 1 aliphatic rings. The molecule has 0 atom stereocenters. The van der Waals surface area contributed by atoms with E-state index in [1.54, 1.807) is 11.8 Å². The number of amides is 1. The van der Waals surface area contributed by atoms with Gasteiger partial charge in [0.05, 0.1) is 11.3 Å². The molecular weight excluding hydrogens is 442 g/mol. The number of halogens is 1. The first-order chi connectivity index (χ1) is 15.5. The van der Waals surface area contributed by atoms with Crippen molar-refractivity contribution in [1.82, 2.24) is 15.4 Å². The van der Waals surface area contributed by atoms with Crippen LogP contribution in [0.1, 0.15) is 45.8 Å². The lowest BCUT2D eigenvalue weighted by atomic mass is 10.0. The van der Waals surface area contributed by atoms with Gasteiger partial charge in [-0.1, -0.05) is 41.0 Å². The van der Waals surface area contributed by atoms with Crippen molar-refractivity contribution < 1.29 is 9.32 Å². The van der Waals surface area contributed by atoms with Gasteiger partial charge in [0.25, 0.3) is 5.91 Å². The van der Waals surface area contributed by atoms with Crippen molar-refractivity contribution in [2.45, 2.75) is 49.9 Å². The van der Waals surface area contributed by atoms with Gasteiger partial charge in [0.1, 0.15) is 5.76 Å². The Kier molecular flexibility index (Phi) is 7.55. The van der Waals surface area contributed by atoms with Gasteiger partial charge in [-0.15, -0.1) is 11.8 Å². The Bertz CT molecular complexity index is 1040. The third-order valence-electron chi connectivity index (χ3n) is 5.93. The molecule has 0 bridgehead atoms. The van der Waals surface area contributed by atoms with Crippen molar-refractivity contribution in [3.63, 3.8) is 0 Å². The highest BCUT2D eigenvalue weighted by atomic mass is 35.5. The van der Waals surface area contributed by atoms with Gasteiger partial charge < -0.3 is 9.84 Å². The minimum Gasteiger partial charge on any atom is -0.361 e. The van der Waals surface area contributed by atoms with Crippen molar-refractivity contribution >= 4 is 29.3 Å². The molecule has 32 heavy (non-hydrogen) atoms. The van der Waals surface area contributed by atoms with Gasteiger partial charge in [-0.2, -0.15) is 0 Å². The second-order valence-electron chi connectivity index (χ2n) is 8.24. The average molecular weight is 470 g/mol. The van der Waals surface area contributed by atoms with E-state index in [1.807, 2.05) is 50.2 Å². The number of nitrogens with zero attached hydrogens (tertiary/aromatic N) is 2. The number of aromatic nitrogens is 1. The van der Waals surface area contributed by atoms with E-state index in [0.29, 0.717) is 0 Å². The minimum atomic E-state index is 0.00279. The molecule has 1 saturated heterocycles. The van der Waals surface area contributed by atoms with Crippen LogP contribution in [0.2, 0.25) is 5.02 Å². The van der Waals surface area contributed by atoms with E-state index in [2.05, 4.69) is 27.5 Å². The summed E-state index contributed by atoms with van der Waals surface area (Å²) in [5.74, 6) is 1.57. The lowest BCUT2D eigenvalue weighted by Gasteiger charge is -2.32. The Morgan fingerprint density at radius 2 is 1.88 bits per heavy atom. The highest BCUT2D eigenvalue weighted by Gasteiger charge is 2.22. The van der Waals surface area contributed by atoms with Crippen LogP contribution in [0.15, 0.2) is 57.9 Å². The zero-order chi connectivity index (χ0) is 22.5. The van der Waals surface area contributed by atoms with Crippen LogP contribution in [0.5, 0.6) is 0 Å². The summed E-state index contributed by atoms with van der Waals surface area (Å²) in [4.78, 5) is 16.5. The summed E-state index contributed by atoms with van der Waals surface area (Å²) in [6.45, 7) is 6.73. The Morgan fingerprint density at radius 3 is 2.56 bits per heavy atom. The molecular formula is C25H28ClN3O2S. The van der Waals surface area contributed by atoms with Crippen molar-refractivity contribution in [2.75, 3.05) is 13.1 Å². The van der Waals surface area contributed by atoms with Gasteiger partial charge in [0.15, 0.2) is 0 Å². The number of thioether (sulfide) groups is 1. The Hall–Kier alpha value is -2.28. The van der Waals surface area contributed by atoms with E-state index in [9.17, 15) is 4.79 Å². The molecule has 2 aromatic carbocycles. The summed E-state index contributed by atoms with van der Waals surface area (Å²) >= 11 is 7.63. The molecule has 0 saturated carbocycles. The zero-order valence-corrected chi connectivity index (χ0v) is 20.0. The Labute approximate surface area is 198 Å². The first-order valence-corrected chi connectivity index (χ1v) is 12.3. The minimum absolute atomic E-state index is 0.00279. The summed E-state index contributed by atoms with van der Waals surface area (Å²) in [7, 11) is 0. The van der Waals surface area contributed by atoms with Crippen LogP contribution in [0, 0.1) is 13.8 Å². The molecule has 0 radical (unpaired) electrons. The van der Waals surface area contributed by atoms with Crippen molar-refractivity contribution in [3.05, 3.63) is 81.7 Å². The van der Waals surface area contributed by atoms with Gasteiger partial charge in [-0.25, -0.2) is 0 Å². The maximum atomic E-state index is 13.1. The molecule has 0 unspecified atom stereocenters. The first-order valence-electron chi connectivity index (χ1n) is 10.9. The molecule has 168 valence electrons. The van der Waals surface area contributed by atoms with E-state index in [-0.39, 0.29) is 11.9 Å². The van der Waals surface area contributed by atoms with Gasteiger partial charge in [-0.3, -0.25) is 9.69 Å². The Balaban J connectivity index is 1.31. The predicted molar refractivity (Wildman–Crippen MR) is 129 cm³/mol. The number of piperidine rings is 1. The van der Waals surface area contributed by atoms with Crippen LogP contribution in [-0.4, -0.2) is 35.1 Å². The quantitative estimate of drug-likeness (QED) is 0.454. The van der Waals surface area contributed by atoms with E-state index in [1.165, 1.54) is 5.56 Å². The van der Waals surface area contributed by atoms with Gasteiger partial charge in [0, 0.05) is 46.9 Å². The number of carbonyl (C=O) groups excluding carboxylic acids is 1. The van der Waals surface area contributed by atoms with Crippen LogP contribution in [0.25, 0.3) is 0 Å². The molecule has 1 N–H and O–H groups in total. The summed E-state index contributed by atoms with van der Waals surface area (Å²) in [6.07, 6.45) is 1.90. The lowest BCUT2D eigenvalue weighted by molar-refractivity contribution is 0.0906. The standard InChI is InChI=1S/C25H28ClN3O2S/c1-17-23(18(2)31-28-17)16-32-24-6-4-3-5-22(24)25(30)27-21-11-13-29(14-12-21)15-19-7-9-20(26)10-8-19/h3-10,21H,11-16H2,1-2H3,(H,27,30). The van der Waals surface area contributed by atoms with Crippen LogP contribution in [-0.2, 0) is 12.3 Å². The van der Waals surface area contributed by atoms with Crippen LogP contribution in [0.3, 0.4) is 0 Å². The molecule has 7 heteroatoms. The molecule has 3 aromatic rings. The number of hydrogen-bond acceptors (Lipinski definition) is 5. The van der Waals surface area contributed by atoms with E-state index < -0.39 is 0 Å². The molecule has 5 nitrogen and oxygen atoms in total. The van der Waals surface area contributed by atoms with Gasteiger partial charge in [-0.05, 0) is 56.5 Å². The molecule has 0 spiro atoms. The number of aryl methyl sites for hydroxylation is 2. The van der Waals surface area contributed by atoms with E-state index >= 15 is 0 Å². The number of rotatable bonds is 7. The average Bonchev–Trinajstić information content (AvgIpc) is 3.12. The third kappa shape index (κ3) is 5.74. The number of likely N-dealkylation sites (tertiary alicyclic amines) is 1. The smallest absolute Gasteiger partial charge is 0.252 e. The maximum Gasteiger partial charge on any atom is 0.252 e. The summed E-state index contributed by atoms with van der Waals surface area (Å²) < 4.78 is 5.26. The van der Waals surface area contributed by atoms with Crippen LogP contribution >= 0.6 is 23.4 Å². The fourth-order valence-corrected chi connectivity index (χ4v) is 5.31. The highest BCUT2D eigenvalue weighted by molar-refractivity contribution is 7.98. The zero-order valence-electron chi connectivity index (χ0n) is 18.4. The number of nitrogens with one attached hydrogen (secondary N) is 1. The monoisotopic (exact) mass is 469 g/mol. The van der Waals surface area contributed by atoms with Crippen molar-refractivity contribution in [2.24, 2.45) is 0 Å². The molecule has 4 rings (SSSR count). The summed E-state index contributed by atoms with van der Waals surface area (Å²) in [5, 5.41) is 8.04. The molecule has 1 amide bonds. The van der Waals surface area contributed by atoms with Crippen LogP contribution in [0.4, 0.5) is 0 Å². The van der Waals surface area contributed by atoms with Crippen molar-refractivity contribution in [3.8, 4) is 0 Å². The second kappa shape index (κ2) is 10.6. The maximum absolute atomic E-state index is 13.1. The number of benzene rings is 2. The third-order valence-corrected chi connectivity index (χ3v) is 7.28. The normalized spacial score (nSPS) is 15.1. The van der Waals surface area contributed by atoms with E-state index in [4.69, 9.17) is 16.1 Å². The first kappa shape index (κ1) is 22.9. The highest BCUT2D eigenvalue weighted by Crippen LogP contribution is 2.29. The fraction of sp³-hybridized carbons (Fsp3) is 0.360. The van der Waals surface area contributed by atoms with Crippen molar-refractivity contribution in [1.29, 1.82) is 0 Å². The second-order valence-corrected chi connectivity index (χ2v) is 9.69. The molecule has 1 aliphatic heterocycles. The topological polar surface area (TPSA) is 58.4 Å². The van der Waals surface area contributed by atoms with Crippen LogP contribution < -0.4 is 5.32 Å². The number of hydrogen-bond donors (Lipinski definition) is 1. The molecule has 1 aromatic heterocycles. The molecule has 2 heterocycles. The predicted octanol–water partition coefficient (Wildman–Crippen LogP) is 5.63. The van der Waals surface area contributed by atoms with E-state index in [0.717, 1.165) is 70.7 Å². The Morgan fingerprint density at radius 1 is 1.16 bits per heavy atom. The summed E-state index contributed by atoms with van der Waals surface area (Å²) in [5.41, 5.74) is 3.99. The fourth-order valence-electron chi connectivity index (χ4n) is 3.98. The van der Waals surface area contributed by atoms with Gasteiger partial charge in [0.2, 0.25) is 0 Å². The SMILES string of the molecule is Cc1noc(C)c1CSc1ccccc1C(=O)NC1CCN(Cc2ccc(Cl)cc2)CC1. The molecule has 0 aliphatic carbocycles. The van der Waals surface area contributed by atoms with Gasteiger partial charge >= 0.3 is 0 Å². The lowest BCUT2D eigenvalue weighted by Crippen LogP contribution is -2.44. The summed E-state index contributed by atoms with van der Waals surface area (Å²) in [6, 6.07) is 16.0.